The van der Waals surface area contributed by atoms with E-state index in [1.807, 2.05) is 25.1 Å². The fraction of sp³-hybridized carbons (Fsp3) is 0.227. The lowest BCUT2D eigenvalue weighted by Crippen LogP contribution is -2.45. The molecule has 3 amide bonds. The second-order valence-corrected chi connectivity index (χ2v) is 6.54. The summed E-state index contributed by atoms with van der Waals surface area (Å²) in [6, 6.07) is 14.9. The van der Waals surface area contributed by atoms with E-state index >= 15 is 0 Å². The summed E-state index contributed by atoms with van der Waals surface area (Å²) in [4.78, 5) is 36.3. The molecule has 2 aromatic carbocycles. The number of benzene rings is 2. The molecule has 156 valence electrons. The number of allylic oxidation sites excluding steroid dienone is 1. The Kier molecular flexibility index (Phi) is 6.69. The van der Waals surface area contributed by atoms with Crippen LogP contribution in [0.1, 0.15) is 24.9 Å². The number of ether oxygens (including phenoxy) is 2. The van der Waals surface area contributed by atoms with Crippen LogP contribution in [0.2, 0.25) is 0 Å². The zero-order valence-corrected chi connectivity index (χ0v) is 16.7. The Hall–Kier alpha value is -3.81. The third-order valence-electron chi connectivity index (χ3n) is 4.55. The van der Waals surface area contributed by atoms with Crippen molar-refractivity contribution in [1.29, 1.82) is 0 Å². The van der Waals surface area contributed by atoms with Crippen LogP contribution < -0.4 is 20.7 Å². The number of amides is 3. The van der Waals surface area contributed by atoms with Crippen molar-refractivity contribution < 1.29 is 23.9 Å². The highest BCUT2D eigenvalue weighted by Crippen LogP contribution is 2.29. The van der Waals surface area contributed by atoms with Gasteiger partial charge in [-0.05, 0) is 36.2 Å². The Labute approximate surface area is 174 Å². The number of carbonyl (C=O) groups excluding carboxylic acids is 3. The molecule has 3 rings (SSSR count). The zero-order valence-electron chi connectivity index (χ0n) is 16.7. The van der Waals surface area contributed by atoms with E-state index in [0.29, 0.717) is 34.7 Å². The summed E-state index contributed by atoms with van der Waals surface area (Å²) < 4.78 is 10.4. The minimum atomic E-state index is -0.642. The van der Waals surface area contributed by atoms with Gasteiger partial charge in [0.2, 0.25) is 0 Å². The number of hydrogen-bond acceptors (Lipinski definition) is 5. The minimum absolute atomic E-state index is 0.147. The molecule has 0 aliphatic carbocycles. The normalized spacial score (nSPS) is 15.7. The first-order valence-electron chi connectivity index (χ1n) is 9.48. The van der Waals surface area contributed by atoms with Crippen molar-refractivity contribution >= 4 is 23.6 Å². The molecule has 0 saturated heterocycles. The van der Waals surface area contributed by atoms with Crippen LogP contribution in [0.5, 0.6) is 5.75 Å². The maximum atomic E-state index is 12.3. The standard InChI is InChI=1S/C22H23N3O5/c1-3-17-19(21(27)29-2)20(25-22(28)24-17)14-9-11-16(12-10-14)30-13-18(26)23-15-7-5-4-6-8-15/h4-12,20H,3,13H2,1-2H3,(H,23,26)(H2,24,25,28). The molecular formula is C22H23N3O5. The van der Waals surface area contributed by atoms with Crippen molar-refractivity contribution in [3.05, 3.63) is 71.4 Å². The lowest BCUT2D eigenvalue weighted by atomic mass is 9.94. The average molecular weight is 409 g/mol. The van der Waals surface area contributed by atoms with E-state index in [-0.39, 0.29) is 18.5 Å². The van der Waals surface area contributed by atoms with E-state index in [1.54, 1.807) is 36.4 Å². The molecule has 0 aromatic heterocycles. The van der Waals surface area contributed by atoms with Crippen LogP contribution >= 0.6 is 0 Å². The molecule has 1 atom stereocenters. The lowest BCUT2D eigenvalue weighted by molar-refractivity contribution is -0.136. The van der Waals surface area contributed by atoms with E-state index in [0.717, 1.165) is 0 Å². The van der Waals surface area contributed by atoms with Gasteiger partial charge in [0.25, 0.3) is 5.91 Å². The Morgan fingerprint density at radius 2 is 1.77 bits per heavy atom. The van der Waals surface area contributed by atoms with E-state index < -0.39 is 12.0 Å². The van der Waals surface area contributed by atoms with Crippen molar-refractivity contribution in [2.45, 2.75) is 19.4 Å². The Morgan fingerprint density at radius 3 is 2.40 bits per heavy atom. The number of hydrogen-bond donors (Lipinski definition) is 3. The van der Waals surface area contributed by atoms with Gasteiger partial charge in [-0.2, -0.15) is 0 Å². The Morgan fingerprint density at radius 1 is 1.07 bits per heavy atom. The van der Waals surface area contributed by atoms with Gasteiger partial charge in [-0.15, -0.1) is 0 Å². The number of anilines is 1. The molecule has 0 bridgehead atoms. The van der Waals surface area contributed by atoms with Gasteiger partial charge in [0.15, 0.2) is 6.61 Å². The van der Waals surface area contributed by atoms with Gasteiger partial charge in [0.05, 0.1) is 18.7 Å². The van der Waals surface area contributed by atoms with Crippen molar-refractivity contribution in [1.82, 2.24) is 10.6 Å². The van der Waals surface area contributed by atoms with Crippen molar-refractivity contribution in [2.75, 3.05) is 19.0 Å². The highest BCUT2D eigenvalue weighted by molar-refractivity contribution is 5.95. The highest BCUT2D eigenvalue weighted by atomic mass is 16.5. The Bertz CT molecular complexity index is 954. The maximum absolute atomic E-state index is 12.3. The van der Waals surface area contributed by atoms with E-state index in [1.165, 1.54) is 7.11 Å². The number of nitrogens with one attached hydrogen (secondary N) is 3. The summed E-state index contributed by atoms with van der Waals surface area (Å²) in [6.45, 7) is 1.70. The molecule has 1 aliphatic rings. The zero-order chi connectivity index (χ0) is 21.5. The molecule has 2 aromatic rings. The average Bonchev–Trinajstić information content (AvgIpc) is 2.77. The van der Waals surface area contributed by atoms with Gasteiger partial charge < -0.3 is 25.4 Å². The lowest BCUT2D eigenvalue weighted by Gasteiger charge is -2.28. The number of urea groups is 1. The number of para-hydroxylation sites is 1. The Balaban J connectivity index is 1.69. The predicted octanol–water partition coefficient (Wildman–Crippen LogP) is 2.90. The topological polar surface area (TPSA) is 106 Å². The third-order valence-corrected chi connectivity index (χ3v) is 4.55. The van der Waals surface area contributed by atoms with Gasteiger partial charge >= 0.3 is 12.0 Å². The number of rotatable bonds is 7. The van der Waals surface area contributed by atoms with Crippen molar-refractivity contribution in [3.63, 3.8) is 0 Å². The molecule has 0 saturated carbocycles. The van der Waals surface area contributed by atoms with Crippen LogP contribution in [0, 0.1) is 0 Å². The SMILES string of the molecule is CCC1=C(C(=O)OC)C(c2ccc(OCC(=O)Nc3ccccc3)cc2)NC(=O)N1. The van der Waals surface area contributed by atoms with E-state index in [4.69, 9.17) is 9.47 Å². The van der Waals surface area contributed by atoms with E-state index in [2.05, 4.69) is 16.0 Å². The van der Waals surface area contributed by atoms with Crippen LogP contribution in [0.15, 0.2) is 65.9 Å². The summed E-state index contributed by atoms with van der Waals surface area (Å²) >= 11 is 0. The molecule has 3 N–H and O–H groups in total. The molecule has 1 heterocycles. The van der Waals surface area contributed by atoms with Crippen molar-refractivity contribution in [3.8, 4) is 5.75 Å². The monoisotopic (exact) mass is 409 g/mol. The predicted molar refractivity (Wildman–Crippen MR) is 111 cm³/mol. The van der Waals surface area contributed by atoms with Crippen LogP contribution in [0.4, 0.5) is 10.5 Å². The smallest absolute Gasteiger partial charge is 0.337 e. The first-order valence-corrected chi connectivity index (χ1v) is 9.48. The number of esters is 1. The van der Waals surface area contributed by atoms with Crippen LogP contribution in [-0.4, -0.2) is 31.6 Å². The van der Waals surface area contributed by atoms with Gasteiger partial charge in [-0.3, -0.25) is 4.79 Å². The second-order valence-electron chi connectivity index (χ2n) is 6.54. The molecular weight excluding hydrogens is 386 g/mol. The second kappa shape index (κ2) is 9.60. The van der Waals surface area contributed by atoms with Crippen LogP contribution in [0.3, 0.4) is 0 Å². The van der Waals surface area contributed by atoms with E-state index in [9.17, 15) is 14.4 Å². The molecule has 0 radical (unpaired) electrons. The quantitative estimate of drug-likeness (QED) is 0.610. The molecule has 30 heavy (non-hydrogen) atoms. The third kappa shape index (κ3) is 4.96. The molecule has 0 spiro atoms. The van der Waals surface area contributed by atoms with Crippen LogP contribution in [-0.2, 0) is 14.3 Å². The van der Waals surface area contributed by atoms with Crippen molar-refractivity contribution in [2.24, 2.45) is 0 Å². The summed E-state index contributed by atoms with van der Waals surface area (Å²) in [6.07, 6.45) is 0.478. The number of carbonyl (C=O) groups is 3. The fourth-order valence-electron chi connectivity index (χ4n) is 3.12. The molecule has 0 fully saturated rings. The van der Waals surface area contributed by atoms with Crippen LogP contribution in [0.25, 0.3) is 0 Å². The van der Waals surface area contributed by atoms with Gasteiger partial charge in [0, 0.05) is 11.4 Å². The maximum Gasteiger partial charge on any atom is 0.337 e. The largest absolute Gasteiger partial charge is 0.484 e. The van der Waals surface area contributed by atoms with Gasteiger partial charge in [-0.25, -0.2) is 9.59 Å². The first-order chi connectivity index (χ1) is 14.5. The molecule has 1 unspecified atom stereocenters. The summed E-state index contributed by atoms with van der Waals surface area (Å²) in [5.41, 5.74) is 2.26. The first kappa shape index (κ1) is 20.9. The fourth-order valence-corrected chi connectivity index (χ4v) is 3.12. The summed E-state index contributed by atoms with van der Waals surface area (Å²) in [5.74, 6) is -0.303. The molecule has 8 nitrogen and oxygen atoms in total. The highest BCUT2D eigenvalue weighted by Gasteiger charge is 2.32. The number of methoxy groups -OCH3 is 1. The molecule has 8 heteroatoms. The molecule has 1 aliphatic heterocycles. The van der Waals surface area contributed by atoms with Gasteiger partial charge in [0.1, 0.15) is 5.75 Å². The summed E-state index contributed by atoms with van der Waals surface area (Å²) in [5, 5.41) is 8.14. The summed E-state index contributed by atoms with van der Waals surface area (Å²) in [7, 11) is 1.30. The minimum Gasteiger partial charge on any atom is -0.484 e. The van der Waals surface area contributed by atoms with Gasteiger partial charge in [-0.1, -0.05) is 37.3 Å².